The zero-order valence-electron chi connectivity index (χ0n) is 13.6. The maximum absolute atomic E-state index is 12.8. The second-order valence-corrected chi connectivity index (χ2v) is 7.05. The zero-order valence-corrected chi connectivity index (χ0v) is 13.6. The average Bonchev–Trinajstić information content (AvgIpc) is 2.97. The van der Waals surface area contributed by atoms with Crippen LogP contribution in [-0.2, 0) is 5.41 Å². The average molecular weight is 288 g/mol. The van der Waals surface area contributed by atoms with Gasteiger partial charge in [-0.1, -0.05) is 45.7 Å². The summed E-state index contributed by atoms with van der Waals surface area (Å²) in [6.45, 7) is 7.74. The minimum atomic E-state index is 0.115. The SMILES string of the molecule is CC(C)(C)c1ccc(C(=O)N(CCN)C2CCCC2)cc1. The smallest absolute Gasteiger partial charge is 0.254 e. The molecule has 1 aromatic rings. The Hall–Kier alpha value is -1.35. The molecule has 1 saturated carbocycles. The van der Waals surface area contributed by atoms with Crippen LogP contribution < -0.4 is 5.73 Å². The zero-order chi connectivity index (χ0) is 15.5. The summed E-state index contributed by atoms with van der Waals surface area (Å²) in [5.74, 6) is 0.132. The minimum absolute atomic E-state index is 0.115. The van der Waals surface area contributed by atoms with Crippen LogP contribution in [0.15, 0.2) is 24.3 Å². The Morgan fingerprint density at radius 1 is 1.19 bits per heavy atom. The fourth-order valence-corrected chi connectivity index (χ4v) is 3.08. The summed E-state index contributed by atoms with van der Waals surface area (Å²) in [6, 6.07) is 8.44. The molecule has 3 nitrogen and oxygen atoms in total. The van der Waals surface area contributed by atoms with Crippen molar-refractivity contribution in [2.45, 2.75) is 57.9 Å². The summed E-state index contributed by atoms with van der Waals surface area (Å²) in [6.07, 6.45) is 4.68. The molecule has 1 amide bonds. The van der Waals surface area contributed by atoms with Crippen molar-refractivity contribution in [1.82, 2.24) is 4.90 Å². The van der Waals surface area contributed by atoms with Crippen LogP contribution >= 0.6 is 0 Å². The van der Waals surface area contributed by atoms with Gasteiger partial charge >= 0.3 is 0 Å². The van der Waals surface area contributed by atoms with Gasteiger partial charge in [0.15, 0.2) is 0 Å². The molecular weight excluding hydrogens is 260 g/mol. The molecule has 0 bridgehead atoms. The van der Waals surface area contributed by atoms with E-state index in [0.29, 0.717) is 19.1 Å². The first-order valence-electron chi connectivity index (χ1n) is 8.05. The molecule has 0 aliphatic heterocycles. The Morgan fingerprint density at radius 3 is 2.24 bits per heavy atom. The Bertz CT molecular complexity index is 467. The van der Waals surface area contributed by atoms with Crippen molar-refractivity contribution in [1.29, 1.82) is 0 Å². The summed E-state index contributed by atoms with van der Waals surface area (Å²) in [4.78, 5) is 14.7. The number of rotatable bonds is 4. The quantitative estimate of drug-likeness (QED) is 0.923. The van der Waals surface area contributed by atoms with Crippen LogP contribution in [0.5, 0.6) is 0 Å². The minimum Gasteiger partial charge on any atom is -0.334 e. The van der Waals surface area contributed by atoms with Gasteiger partial charge in [-0.05, 0) is 36.0 Å². The van der Waals surface area contributed by atoms with E-state index < -0.39 is 0 Å². The molecule has 0 heterocycles. The highest BCUT2D eigenvalue weighted by molar-refractivity contribution is 5.94. The number of carbonyl (C=O) groups is 1. The lowest BCUT2D eigenvalue weighted by Gasteiger charge is -2.29. The third kappa shape index (κ3) is 3.85. The molecule has 0 aromatic heterocycles. The molecule has 3 heteroatoms. The van der Waals surface area contributed by atoms with E-state index in [-0.39, 0.29) is 11.3 Å². The van der Waals surface area contributed by atoms with Gasteiger partial charge in [0.2, 0.25) is 0 Å². The number of benzene rings is 1. The summed E-state index contributed by atoms with van der Waals surface area (Å²) in [5, 5.41) is 0. The molecule has 0 atom stereocenters. The molecule has 0 spiro atoms. The third-order valence-electron chi connectivity index (χ3n) is 4.39. The third-order valence-corrected chi connectivity index (χ3v) is 4.39. The van der Waals surface area contributed by atoms with Crippen molar-refractivity contribution in [3.8, 4) is 0 Å². The lowest BCUT2D eigenvalue weighted by molar-refractivity contribution is 0.0688. The second kappa shape index (κ2) is 6.61. The van der Waals surface area contributed by atoms with Crippen molar-refractivity contribution < 1.29 is 4.79 Å². The predicted octanol–water partition coefficient (Wildman–Crippen LogP) is 3.33. The van der Waals surface area contributed by atoms with E-state index in [1.807, 2.05) is 17.0 Å². The largest absolute Gasteiger partial charge is 0.334 e. The van der Waals surface area contributed by atoms with Gasteiger partial charge in [0.1, 0.15) is 0 Å². The summed E-state index contributed by atoms with van der Waals surface area (Å²) >= 11 is 0. The van der Waals surface area contributed by atoms with Crippen molar-refractivity contribution in [3.05, 3.63) is 35.4 Å². The lowest BCUT2D eigenvalue weighted by Crippen LogP contribution is -2.42. The van der Waals surface area contributed by atoms with Crippen LogP contribution in [0.4, 0.5) is 0 Å². The first-order chi connectivity index (χ1) is 9.93. The van der Waals surface area contributed by atoms with Gasteiger partial charge in [-0.15, -0.1) is 0 Å². The maximum atomic E-state index is 12.8. The molecule has 0 saturated heterocycles. The van der Waals surface area contributed by atoms with Gasteiger partial charge in [0, 0.05) is 24.7 Å². The molecule has 1 aromatic carbocycles. The normalized spacial score (nSPS) is 16.2. The van der Waals surface area contributed by atoms with Gasteiger partial charge < -0.3 is 10.6 Å². The van der Waals surface area contributed by atoms with Gasteiger partial charge in [-0.25, -0.2) is 0 Å². The second-order valence-electron chi connectivity index (χ2n) is 7.05. The fraction of sp³-hybridized carbons (Fsp3) is 0.611. The number of hydrogen-bond donors (Lipinski definition) is 1. The van der Waals surface area contributed by atoms with Gasteiger partial charge in [0.05, 0.1) is 0 Å². The van der Waals surface area contributed by atoms with Crippen LogP contribution in [0, 0.1) is 0 Å². The van der Waals surface area contributed by atoms with Crippen molar-refractivity contribution in [2.75, 3.05) is 13.1 Å². The Kier molecular flexibility index (Phi) is 5.04. The molecule has 2 rings (SSSR count). The van der Waals surface area contributed by atoms with Crippen LogP contribution in [0.25, 0.3) is 0 Å². The fourth-order valence-electron chi connectivity index (χ4n) is 3.08. The number of nitrogens with two attached hydrogens (primary N) is 1. The predicted molar refractivity (Wildman–Crippen MR) is 87.5 cm³/mol. The van der Waals surface area contributed by atoms with Crippen LogP contribution in [0.2, 0.25) is 0 Å². The van der Waals surface area contributed by atoms with E-state index >= 15 is 0 Å². The van der Waals surface area contributed by atoms with E-state index in [4.69, 9.17) is 5.73 Å². The first-order valence-corrected chi connectivity index (χ1v) is 8.05. The highest BCUT2D eigenvalue weighted by Gasteiger charge is 2.27. The molecule has 0 unspecified atom stereocenters. The van der Waals surface area contributed by atoms with E-state index in [1.54, 1.807) is 0 Å². The summed E-state index contributed by atoms with van der Waals surface area (Å²) in [7, 11) is 0. The van der Waals surface area contributed by atoms with Crippen LogP contribution in [0.3, 0.4) is 0 Å². The molecule has 2 N–H and O–H groups in total. The molecule has 1 aliphatic rings. The molecule has 0 radical (unpaired) electrons. The maximum Gasteiger partial charge on any atom is 0.254 e. The van der Waals surface area contributed by atoms with Crippen LogP contribution in [0.1, 0.15) is 62.4 Å². The summed E-state index contributed by atoms with van der Waals surface area (Å²) < 4.78 is 0. The van der Waals surface area contributed by atoms with Crippen molar-refractivity contribution in [2.24, 2.45) is 5.73 Å². The lowest BCUT2D eigenvalue weighted by atomic mass is 9.86. The van der Waals surface area contributed by atoms with Gasteiger partial charge in [0.25, 0.3) is 5.91 Å². The first kappa shape index (κ1) is 16.0. The topological polar surface area (TPSA) is 46.3 Å². The molecular formula is C18H28N2O. The number of carbonyl (C=O) groups excluding carboxylic acids is 1. The number of hydrogen-bond acceptors (Lipinski definition) is 2. The van der Waals surface area contributed by atoms with E-state index in [1.165, 1.54) is 18.4 Å². The van der Waals surface area contributed by atoms with Crippen LogP contribution in [-0.4, -0.2) is 29.9 Å². The Balaban J connectivity index is 2.16. The van der Waals surface area contributed by atoms with Gasteiger partial charge in [-0.2, -0.15) is 0 Å². The Morgan fingerprint density at radius 2 is 1.76 bits per heavy atom. The van der Waals surface area contributed by atoms with Crippen molar-refractivity contribution >= 4 is 5.91 Å². The van der Waals surface area contributed by atoms with E-state index in [9.17, 15) is 4.79 Å². The highest BCUT2D eigenvalue weighted by atomic mass is 16.2. The Labute approximate surface area is 128 Å². The molecule has 1 aliphatic carbocycles. The van der Waals surface area contributed by atoms with E-state index in [2.05, 4.69) is 32.9 Å². The summed E-state index contributed by atoms with van der Waals surface area (Å²) in [5.41, 5.74) is 7.85. The molecule has 21 heavy (non-hydrogen) atoms. The van der Waals surface area contributed by atoms with E-state index in [0.717, 1.165) is 18.4 Å². The number of nitrogens with zero attached hydrogens (tertiary/aromatic N) is 1. The van der Waals surface area contributed by atoms with Crippen molar-refractivity contribution in [3.63, 3.8) is 0 Å². The van der Waals surface area contributed by atoms with Gasteiger partial charge in [-0.3, -0.25) is 4.79 Å². The molecule has 1 fully saturated rings. The number of amides is 1. The standard InChI is InChI=1S/C18H28N2O/c1-18(2,3)15-10-8-14(9-11-15)17(21)20(13-12-19)16-6-4-5-7-16/h8-11,16H,4-7,12-13,19H2,1-3H3. The highest BCUT2D eigenvalue weighted by Crippen LogP contribution is 2.26. The molecule has 116 valence electrons. The monoisotopic (exact) mass is 288 g/mol.